The molecule has 6 heteroatoms. The molecule has 2 aliphatic rings. The summed E-state index contributed by atoms with van der Waals surface area (Å²) in [5.74, 6) is 1.35. The van der Waals surface area contributed by atoms with Gasteiger partial charge in [-0.2, -0.15) is 0 Å². The number of benzene rings is 1. The Hall–Kier alpha value is -1.66. The van der Waals surface area contributed by atoms with Gasteiger partial charge in [0.2, 0.25) is 0 Å². The van der Waals surface area contributed by atoms with Crippen molar-refractivity contribution in [2.75, 3.05) is 31.6 Å². The van der Waals surface area contributed by atoms with Gasteiger partial charge in [-0.3, -0.25) is 4.79 Å². The maximum atomic E-state index is 11.9. The first-order valence-corrected chi connectivity index (χ1v) is 13.8. The summed E-state index contributed by atoms with van der Waals surface area (Å²) in [4.78, 5) is 14.6. The molecule has 1 aromatic carbocycles. The first kappa shape index (κ1) is 22.5. The first-order chi connectivity index (χ1) is 14.9. The van der Waals surface area contributed by atoms with Gasteiger partial charge in [0.1, 0.15) is 17.1 Å². The highest BCUT2D eigenvalue weighted by atomic mass is 32.2. The van der Waals surface area contributed by atoms with E-state index < -0.39 is 9.84 Å². The molecular formula is C25H35NO4S. The lowest BCUT2D eigenvalue weighted by Crippen LogP contribution is -2.34. The molecule has 2 fully saturated rings. The van der Waals surface area contributed by atoms with Crippen molar-refractivity contribution in [2.24, 2.45) is 11.8 Å². The Labute approximate surface area is 186 Å². The van der Waals surface area contributed by atoms with Gasteiger partial charge in [0, 0.05) is 18.1 Å². The van der Waals surface area contributed by atoms with E-state index in [0.29, 0.717) is 18.3 Å². The molecular weight excluding hydrogens is 410 g/mol. The van der Waals surface area contributed by atoms with Crippen LogP contribution in [0.1, 0.15) is 62.8 Å². The molecule has 2 aromatic rings. The Morgan fingerprint density at radius 1 is 1.03 bits per heavy atom. The lowest BCUT2D eigenvalue weighted by atomic mass is 9.78. The Bertz CT molecular complexity index is 980. The number of likely N-dealkylation sites (tertiary alicyclic amines) is 1. The third-order valence-corrected chi connectivity index (χ3v) is 8.16. The highest BCUT2D eigenvalue weighted by Gasteiger charge is 2.26. The van der Waals surface area contributed by atoms with E-state index in [1.54, 1.807) is 6.26 Å². The molecule has 0 unspecified atom stereocenters. The summed E-state index contributed by atoms with van der Waals surface area (Å²) >= 11 is 0. The summed E-state index contributed by atoms with van der Waals surface area (Å²) in [5, 5.41) is 1.27. The molecule has 1 saturated carbocycles. The van der Waals surface area contributed by atoms with E-state index >= 15 is 0 Å². The summed E-state index contributed by atoms with van der Waals surface area (Å²) in [6.07, 6.45) is 11.5. The summed E-state index contributed by atoms with van der Waals surface area (Å²) in [7, 11) is -3.20. The van der Waals surface area contributed by atoms with Crippen molar-refractivity contribution in [1.82, 2.24) is 4.90 Å². The third-order valence-electron chi connectivity index (χ3n) is 7.32. The van der Waals surface area contributed by atoms with Gasteiger partial charge in [0.25, 0.3) is 0 Å². The molecule has 0 spiro atoms. The van der Waals surface area contributed by atoms with Crippen LogP contribution in [-0.2, 0) is 14.6 Å². The maximum absolute atomic E-state index is 11.9. The lowest BCUT2D eigenvalue weighted by Gasteiger charge is -2.34. The van der Waals surface area contributed by atoms with Crippen molar-refractivity contribution in [1.29, 1.82) is 0 Å². The number of furan rings is 1. The van der Waals surface area contributed by atoms with Crippen LogP contribution in [0.4, 0.5) is 0 Å². The molecule has 2 heterocycles. The molecule has 1 aliphatic heterocycles. The molecule has 0 amide bonds. The van der Waals surface area contributed by atoms with E-state index in [9.17, 15) is 13.2 Å². The summed E-state index contributed by atoms with van der Waals surface area (Å²) < 4.78 is 28.1. The van der Waals surface area contributed by atoms with Crippen molar-refractivity contribution in [3.63, 3.8) is 0 Å². The predicted octanol–water partition coefficient (Wildman–Crippen LogP) is 4.81. The van der Waals surface area contributed by atoms with Crippen LogP contribution in [0.15, 0.2) is 34.9 Å². The summed E-state index contributed by atoms with van der Waals surface area (Å²) in [5.41, 5.74) is 2.43. The minimum Gasteiger partial charge on any atom is -0.464 e. The highest BCUT2D eigenvalue weighted by molar-refractivity contribution is 7.91. The lowest BCUT2D eigenvalue weighted by molar-refractivity contribution is -0.117. The van der Waals surface area contributed by atoms with Gasteiger partial charge in [-0.25, -0.2) is 8.42 Å². The number of rotatable bonds is 8. The van der Waals surface area contributed by atoms with E-state index in [1.807, 2.05) is 6.07 Å². The van der Waals surface area contributed by atoms with Gasteiger partial charge in [-0.05, 0) is 87.2 Å². The van der Waals surface area contributed by atoms with Gasteiger partial charge >= 0.3 is 0 Å². The van der Waals surface area contributed by atoms with Crippen LogP contribution in [0.25, 0.3) is 11.0 Å². The number of piperidine rings is 1. The number of ketones is 1. The summed E-state index contributed by atoms with van der Waals surface area (Å²) in [6, 6.07) is 8.52. The van der Waals surface area contributed by atoms with Crippen LogP contribution in [-0.4, -0.2) is 50.7 Å². The Kier molecular flexibility index (Phi) is 7.17. The maximum Gasteiger partial charge on any atom is 0.154 e. The third kappa shape index (κ3) is 6.19. The molecule has 4 rings (SSSR count). The number of carbonyl (C=O) groups is 1. The van der Waals surface area contributed by atoms with Crippen molar-refractivity contribution in [3.05, 3.63) is 36.1 Å². The zero-order chi connectivity index (χ0) is 21.8. The topological polar surface area (TPSA) is 67.6 Å². The van der Waals surface area contributed by atoms with E-state index in [1.165, 1.54) is 49.6 Å². The van der Waals surface area contributed by atoms with Gasteiger partial charge < -0.3 is 9.32 Å². The number of nitrogens with zero attached hydrogens (tertiary/aromatic N) is 1. The van der Waals surface area contributed by atoms with Crippen LogP contribution in [0.3, 0.4) is 0 Å². The molecule has 1 saturated heterocycles. The van der Waals surface area contributed by atoms with E-state index in [4.69, 9.17) is 4.42 Å². The van der Waals surface area contributed by atoms with Crippen LogP contribution in [0, 0.1) is 11.8 Å². The SMILES string of the molecule is CS(=O)(=O)CC(=O)CC1CCC(CCN2CCC(c3cccc4occc34)CC2)CC1. The fourth-order valence-electron chi connectivity index (χ4n) is 5.60. The highest BCUT2D eigenvalue weighted by Crippen LogP contribution is 2.35. The quantitative estimate of drug-likeness (QED) is 0.583. The predicted molar refractivity (Wildman–Crippen MR) is 124 cm³/mol. The van der Waals surface area contributed by atoms with Crippen molar-refractivity contribution in [3.8, 4) is 0 Å². The number of hydrogen-bond donors (Lipinski definition) is 0. The molecule has 0 N–H and O–H groups in total. The first-order valence-electron chi connectivity index (χ1n) is 11.8. The Balaban J connectivity index is 1.16. The Morgan fingerprint density at radius 3 is 2.45 bits per heavy atom. The monoisotopic (exact) mass is 445 g/mol. The van der Waals surface area contributed by atoms with Gasteiger partial charge in [-0.1, -0.05) is 25.0 Å². The van der Waals surface area contributed by atoms with Crippen LogP contribution < -0.4 is 0 Å². The second-order valence-electron chi connectivity index (χ2n) is 9.78. The molecule has 1 aromatic heterocycles. The van der Waals surface area contributed by atoms with Crippen LogP contribution in [0.5, 0.6) is 0 Å². The minimum atomic E-state index is -3.20. The molecule has 0 radical (unpaired) electrons. The smallest absolute Gasteiger partial charge is 0.154 e. The molecule has 170 valence electrons. The van der Waals surface area contributed by atoms with E-state index in [-0.39, 0.29) is 11.5 Å². The van der Waals surface area contributed by atoms with E-state index in [2.05, 4.69) is 23.1 Å². The molecule has 0 bridgehead atoms. The van der Waals surface area contributed by atoms with Gasteiger partial charge in [0.15, 0.2) is 9.84 Å². The van der Waals surface area contributed by atoms with E-state index in [0.717, 1.165) is 43.7 Å². The summed E-state index contributed by atoms with van der Waals surface area (Å²) in [6.45, 7) is 3.49. The second-order valence-corrected chi connectivity index (χ2v) is 11.9. The van der Waals surface area contributed by atoms with Crippen LogP contribution in [0.2, 0.25) is 0 Å². The number of fused-ring (bicyclic) bond motifs is 1. The zero-order valence-electron chi connectivity index (χ0n) is 18.6. The van der Waals surface area contributed by atoms with Crippen molar-refractivity contribution >= 4 is 26.6 Å². The Morgan fingerprint density at radius 2 is 1.74 bits per heavy atom. The second kappa shape index (κ2) is 9.86. The molecule has 1 aliphatic carbocycles. The average molecular weight is 446 g/mol. The number of carbonyl (C=O) groups excluding carboxylic acids is 1. The zero-order valence-corrected chi connectivity index (χ0v) is 19.4. The van der Waals surface area contributed by atoms with Crippen molar-refractivity contribution in [2.45, 2.75) is 57.3 Å². The fraction of sp³-hybridized carbons (Fsp3) is 0.640. The normalized spacial score (nSPS) is 23.9. The number of sulfone groups is 1. The van der Waals surface area contributed by atoms with Gasteiger partial charge in [-0.15, -0.1) is 0 Å². The number of hydrogen-bond acceptors (Lipinski definition) is 5. The van der Waals surface area contributed by atoms with Gasteiger partial charge in [0.05, 0.1) is 6.26 Å². The molecule has 0 atom stereocenters. The molecule has 5 nitrogen and oxygen atoms in total. The van der Waals surface area contributed by atoms with Crippen molar-refractivity contribution < 1.29 is 17.6 Å². The average Bonchev–Trinajstić information content (AvgIpc) is 3.21. The van der Waals surface area contributed by atoms with Crippen LogP contribution >= 0.6 is 0 Å². The molecule has 31 heavy (non-hydrogen) atoms. The fourth-order valence-corrected chi connectivity index (χ4v) is 6.31. The standard InChI is InChI=1S/C25H35NO4S/c1-31(28,29)18-22(27)17-20-7-5-19(6-8-20)9-13-26-14-10-21(11-15-26)23-3-2-4-25-24(23)12-16-30-25/h2-4,12,16,19-21H,5-11,13-15,17-18H2,1H3. The largest absolute Gasteiger partial charge is 0.464 e. The number of Topliss-reactive ketones (excluding diaryl/α,β-unsaturated/α-hetero) is 1. The minimum absolute atomic E-state index is 0.111.